The monoisotopic (exact) mass is 236 g/mol. The van der Waals surface area contributed by atoms with Crippen molar-refractivity contribution in [1.82, 2.24) is 0 Å². The lowest BCUT2D eigenvalue weighted by atomic mass is 9.70. The summed E-state index contributed by atoms with van der Waals surface area (Å²) < 4.78 is 4.93. The van der Waals surface area contributed by atoms with Crippen LogP contribution >= 0.6 is 0 Å². The third-order valence-corrected chi connectivity index (χ3v) is 6.90. The van der Waals surface area contributed by atoms with E-state index in [1.165, 1.54) is 7.11 Å². The van der Waals surface area contributed by atoms with E-state index in [9.17, 15) is 9.59 Å². The van der Waals surface area contributed by atoms with Crippen molar-refractivity contribution in [3.05, 3.63) is 0 Å². The zero-order valence-electron chi connectivity index (χ0n) is 11.2. The topological polar surface area (TPSA) is 43.4 Å². The van der Waals surface area contributed by atoms with Crippen molar-refractivity contribution in [3.63, 3.8) is 0 Å². The van der Waals surface area contributed by atoms with Crippen LogP contribution in [0.15, 0.2) is 0 Å². The molecule has 3 rings (SSSR count). The van der Waals surface area contributed by atoms with E-state index < -0.39 is 0 Å². The molecule has 6 atom stereocenters. The number of ketones is 1. The highest BCUT2D eigenvalue weighted by molar-refractivity contribution is 5.96. The third-order valence-electron chi connectivity index (χ3n) is 6.90. The number of esters is 1. The van der Waals surface area contributed by atoms with E-state index in [0.29, 0.717) is 5.78 Å². The molecular formula is C14H20O3. The summed E-state index contributed by atoms with van der Waals surface area (Å²) in [6, 6.07) is 0. The van der Waals surface area contributed by atoms with Crippen LogP contribution in [-0.4, -0.2) is 18.9 Å². The summed E-state index contributed by atoms with van der Waals surface area (Å²) in [5.74, 6) is 0.297. The zero-order valence-corrected chi connectivity index (χ0v) is 11.2. The van der Waals surface area contributed by atoms with Crippen LogP contribution < -0.4 is 0 Å². The maximum Gasteiger partial charge on any atom is 0.309 e. The highest BCUT2D eigenvalue weighted by Gasteiger charge is 2.91. The fourth-order valence-electron chi connectivity index (χ4n) is 5.42. The largest absolute Gasteiger partial charge is 0.469 e. The first kappa shape index (κ1) is 11.2. The van der Waals surface area contributed by atoms with E-state index in [1.54, 1.807) is 0 Å². The van der Waals surface area contributed by atoms with Gasteiger partial charge in [0, 0.05) is 11.8 Å². The van der Waals surface area contributed by atoms with Crippen LogP contribution in [0.25, 0.3) is 0 Å². The Balaban J connectivity index is 2.11. The molecule has 0 aromatic carbocycles. The Kier molecular flexibility index (Phi) is 1.72. The summed E-state index contributed by atoms with van der Waals surface area (Å²) in [6.45, 7) is 8.51. The minimum Gasteiger partial charge on any atom is -0.469 e. The van der Waals surface area contributed by atoms with Crippen molar-refractivity contribution in [2.75, 3.05) is 7.11 Å². The van der Waals surface area contributed by atoms with Gasteiger partial charge in [0.05, 0.1) is 13.0 Å². The highest BCUT2D eigenvalue weighted by atomic mass is 16.5. The molecule has 0 aromatic rings. The van der Waals surface area contributed by atoms with Crippen LogP contribution in [0.2, 0.25) is 0 Å². The Labute approximate surface area is 102 Å². The minimum absolute atomic E-state index is 0.00928. The Morgan fingerprint density at radius 3 is 2.35 bits per heavy atom. The summed E-state index contributed by atoms with van der Waals surface area (Å²) in [6.07, 6.45) is 0.802. The Morgan fingerprint density at radius 1 is 1.35 bits per heavy atom. The smallest absolute Gasteiger partial charge is 0.309 e. The Hall–Kier alpha value is -0.860. The number of carbonyl (C=O) groups is 2. The molecule has 3 fully saturated rings. The summed E-state index contributed by atoms with van der Waals surface area (Å²) in [4.78, 5) is 24.3. The van der Waals surface area contributed by atoms with Gasteiger partial charge in [-0.1, -0.05) is 27.7 Å². The van der Waals surface area contributed by atoms with E-state index in [-0.39, 0.29) is 40.0 Å². The van der Waals surface area contributed by atoms with E-state index in [1.807, 2.05) is 6.92 Å². The second-order valence-corrected chi connectivity index (χ2v) is 6.74. The maximum absolute atomic E-state index is 12.3. The van der Waals surface area contributed by atoms with Gasteiger partial charge in [-0.25, -0.2) is 0 Å². The molecule has 0 radical (unpaired) electrons. The quantitative estimate of drug-likeness (QED) is 0.654. The van der Waals surface area contributed by atoms with Crippen LogP contribution in [0.4, 0.5) is 0 Å². The average molecular weight is 236 g/mol. The van der Waals surface area contributed by atoms with Crippen LogP contribution in [0.1, 0.15) is 34.1 Å². The molecule has 3 saturated carbocycles. The lowest BCUT2D eigenvalue weighted by Crippen LogP contribution is -2.30. The lowest BCUT2D eigenvalue weighted by molar-refractivity contribution is -0.147. The van der Waals surface area contributed by atoms with Crippen molar-refractivity contribution in [1.29, 1.82) is 0 Å². The number of fused-ring (bicyclic) bond motifs is 1. The van der Waals surface area contributed by atoms with Crippen LogP contribution in [0, 0.1) is 34.0 Å². The number of ether oxygens (including phenoxy) is 1. The van der Waals surface area contributed by atoms with Crippen molar-refractivity contribution < 1.29 is 14.3 Å². The number of rotatable bonds is 1. The number of hydrogen-bond donors (Lipinski definition) is 0. The Morgan fingerprint density at radius 2 is 1.94 bits per heavy atom. The SMILES string of the molecule is COC(=O)[C@H]1C[C@]2(C)C(C)C(=O)C3[C@]2(C)[C@]31C. The van der Waals surface area contributed by atoms with Gasteiger partial charge in [-0.15, -0.1) is 0 Å². The minimum atomic E-state index is -0.154. The van der Waals surface area contributed by atoms with Gasteiger partial charge in [-0.2, -0.15) is 0 Å². The van der Waals surface area contributed by atoms with Gasteiger partial charge in [0.1, 0.15) is 5.78 Å². The van der Waals surface area contributed by atoms with Crippen molar-refractivity contribution in [2.45, 2.75) is 34.1 Å². The standard InChI is InChI=1S/C14H20O3/c1-7-9(15)10-13(3)8(11(16)17-5)6-12(7,2)14(10,13)4/h7-8,10H,6H2,1-5H3/t7?,8-,10?,12-,13+,14+/m1/s1. The molecule has 0 spiro atoms. The number of hydrogen-bond acceptors (Lipinski definition) is 3. The first-order chi connectivity index (χ1) is 7.76. The van der Waals surface area contributed by atoms with Gasteiger partial charge < -0.3 is 4.74 Å². The molecule has 94 valence electrons. The highest BCUT2D eigenvalue weighted by Crippen LogP contribution is 2.90. The van der Waals surface area contributed by atoms with Gasteiger partial charge in [0.2, 0.25) is 0 Å². The predicted molar refractivity (Wildman–Crippen MR) is 62.1 cm³/mol. The molecule has 3 aliphatic carbocycles. The number of Topliss-reactive ketones (excluding diaryl/α,β-unsaturated/α-hetero) is 1. The van der Waals surface area contributed by atoms with Gasteiger partial charge in [0.15, 0.2) is 0 Å². The normalized spacial score (nSPS) is 59.1. The van der Waals surface area contributed by atoms with Crippen LogP contribution in [0.3, 0.4) is 0 Å². The molecule has 0 saturated heterocycles. The summed E-state index contributed by atoms with van der Waals surface area (Å²) in [5, 5.41) is 0. The Bertz CT molecular complexity index is 441. The van der Waals surface area contributed by atoms with E-state index >= 15 is 0 Å². The van der Waals surface area contributed by atoms with E-state index in [0.717, 1.165) is 6.42 Å². The molecule has 17 heavy (non-hydrogen) atoms. The molecule has 3 aliphatic rings. The lowest BCUT2D eigenvalue weighted by Gasteiger charge is -2.33. The second-order valence-electron chi connectivity index (χ2n) is 6.74. The molecule has 0 heterocycles. The molecule has 0 aromatic heterocycles. The molecule has 0 amide bonds. The van der Waals surface area contributed by atoms with E-state index in [4.69, 9.17) is 4.74 Å². The van der Waals surface area contributed by atoms with Gasteiger partial charge in [-0.3, -0.25) is 9.59 Å². The predicted octanol–water partition coefficient (Wildman–Crippen LogP) is 2.05. The molecule has 0 aliphatic heterocycles. The fourth-order valence-corrected chi connectivity index (χ4v) is 5.42. The molecule has 0 bridgehead atoms. The van der Waals surface area contributed by atoms with Crippen LogP contribution in [-0.2, 0) is 14.3 Å². The molecular weight excluding hydrogens is 216 g/mol. The maximum atomic E-state index is 12.3. The van der Waals surface area contributed by atoms with Gasteiger partial charge in [0.25, 0.3) is 0 Å². The number of methoxy groups -OCH3 is 1. The summed E-state index contributed by atoms with van der Waals surface area (Å²) >= 11 is 0. The van der Waals surface area contributed by atoms with Crippen molar-refractivity contribution in [3.8, 4) is 0 Å². The van der Waals surface area contributed by atoms with Crippen molar-refractivity contribution in [2.24, 2.45) is 34.0 Å². The average Bonchev–Trinajstić information content (AvgIpc) is 2.71. The molecule has 0 N–H and O–H groups in total. The summed E-state index contributed by atoms with van der Waals surface area (Å²) in [7, 11) is 1.44. The summed E-state index contributed by atoms with van der Waals surface area (Å²) in [5.41, 5.74) is -0.170. The fraction of sp³-hybridized carbons (Fsp3) is 0.857. The first-order valence-corrected chi connectivity index (χ1v) is 6.38. The third kappa shape index (κ3) is 0.773. The van der Waals surface area contributed by atoms with E-state index in [2.05, 4.69) is 20.8 Å². The molecule has 2 unspecified atom stereocenters. The first-order valence-electron chi connectivity index (χ1n) is 6.38. The van der Waals surface area contributed by atoms with Crippen molar-refractivity contribution >= 4 is 11.8 Å². The van der Waals surface area contributed by atoms with Crippen LogP contribution in [0.5, 0.6) is 0 Å². The number of carbonyl (C=O) groups excluding carboxylic acids is 2. The van der Waals surface area contributed by atoms with Gasteiger partial charge in [-0.05, 0) is 22.7 Å². The molecule has 3 nitrogen and oxygen atoms in total. The molecule has 3 heteroatoms. The second kappa shape index (κ2) is 2.60. The van der Waals surface area contributed by atoms with Gasteiger partial charge >= 0.3 is 5.97 Å². The zero-order chi connectivity index (χ0) is 12.8.